The highest BCUT2D eigenvalue weighted by molar-refractivity contribution is 5.92. The molecule has 0 bridgehead atoms. The average Bonchev–Trinajstić information content (AvgIpc) is 2.74. The molecule has 0 radical (unpaired) electrons. The molecule has 0 aliphatic carbocycles. The van der Waals surface area contributed by atoms with Crippen molar-refractivity contribution in [1.29, 1.82) is 0 Å². The van der Waals surface area contributed by atoms with Crippen LogP contribution in [0.3, 0.4) is 0 Å². The summed E-state index contributed by atoms with van der Waals surface area (Å²) in [6.07, 6.45) is 4.27. The number of ether oxygens (including phenoxy) is 1. The van der Waals surface area contributed by atoms with E-state index in [1.54, 1.807) is 12.0 Å². The van der Waals surface area contributed by atoms with Gasteiger partial charge in [-0.15, -0.1) is 0 Å². The minimum atomic E-state index is -0.233. The molecule has 1 aliphatic heterocycles. The monoisotopic (exact) mass is 382 g/mol. The summed E-state index contributed by atoms with van der Waals surface area (Å²) in [5.41, 5.74) is 1.25. The van der Waals surface area contributed by atoms with E-state index in [2.05, 4.69) is 34.3 Å². The first-order valence-electron chi connectivity index (χ1n) is 9.47. The first kappa shape index (κ1) is 20.0. The molecule has 0 saturated carbocycles. The van der Waals surface area contributed by atoms with E-state index in [9.17, 15) is 9.59 Å². The van der Waals surface area contributed by atoms with Crippen LogP contribution in [-0.4, -0.2) is 71.9 Å². The molecule has 3 rings (SSSR count). The summed E-state index contributed by atoms with van der Waals surface area (Å²) in [6, 6.07) is 13.1. The van der Waals surface area contributed by atoms with E-state index >= 15 is 0 Å². The molecule has 1 aromatic carbocycles. The first-order chi connectivity index (χ1) is 13.7. The maximum Gasteiger partial charge on any atom is 0.274 e. The van der Waals surface area contributed by atoms with Crippen molar-refractivity contribution >= 4 is 12.0 Å². The van der Waals surface area contributed by atoms with Crippen LogP contribution < -0.4 is 5.56 Å². The zero-order valence-electron chi connectivity index (χ0n) is 16.2. The molecule has 0 N–H and O–H groups in total. The highest BCUT2D eigenvalue weighted by Crippen LogP contribution is 2.07. The van der Waals surface area contributed by atoms with Crippen LogP contribution in [0.25, 0.3) is 6.08 Å². The molecule has 0 spiro atoms. The Morgan fingerprint density at radius 3 is 2.57 bits per heavy atom. The molecule has 1 amide bonds. The molecule has 1 saturated heterocycles. The number of hydrogen-bond donors (Lipinski definition) is 0. The van der Waals surface area contributed by atoms with Crippen molar-refractivity contribution in [3.05, 3.63) is 70.2 Å². The maximum atomic E-state index is 12.7. The van der Waals surface area contributed by atoms with Gasteiger partial charge >= 0.3 is 0 Å². The topological polar surface area (TPSA) is 67.7 Å². The van der Waals surface area contributed by atoms with Crippen LogP contribution in [0.1, 0.15) is 16.1 Å². The molecule has 0 atom stereocenters. The third-order valence-corrected chi connectivity index (χ3v) is 4.73. The van der Waals surface area contributed by atoms with Crippen LogP contribution in [0.2, 0.25) is 0 Å². The number of amides is 1. The number of piperazine rings is 1. The number of carbonyl (C=O) groups excluding carboxylic acids is 1. The smallest absolute Gasteiger partial charge is 0.274 e. The Bertz CT molecular complexity index is 855. The average molecular weight is 382 g/mol. The Balaban J connectivity index is 1.52. The fraction of sp³-hybridized carbons (Fsp3) is 0.381. The molecule has 0 unspecified atom stereocenters. The van der Waals surface area contributed by atoms with E-state index < -0.39 is 0 Å². The van der Waals surface area contributed by atoms with Crippen LogP contribution in [0.4, 0.5) is 0 Å². The third-order valence-electron chi connectivity index (χ3n) is 4.73. The van der Waals surface area contributed by atoms with Crippen molar-refractivity contribution < 1.29 is 9.53 Å². The van der Waals surface area contributed by atoms with Crippen LogP contribution in [-0.2, 0) is 11.3 Å². The van der Waals surface area contributed by atoms with Crippen molar-refractivity contribution in [2.24, 2.45) is 0 Å². The normalized spacial score (nSPS) is 15.2. The standard InChI is InChI=1S/C21H26N4O3/c1-28-17-16-25-20(26)10-9-19(22-25)21(27)24-14-12-23(13-15-24)11-5-8-18-6-3-2-4-7-18/h2-10H,11-17H2,1H3/b8-5+. The Morgan fingerprint density at radius 2 is 1.86 bits per heavy atom. The minimum absolute atomic E-state index is 0.134. The number of methoxy groups -OCH3 is 1. The summed E-state index contributed by atoms with van der Waals surface area (Å²) in [5.74, 6) is -0.134. The van der Waals surface area contributed by atoms with Crippen molar-refractivity contribution in [3.8, 4) is 0 Å². The fourth-order valence-electron chi connectivity index (χ4n) is 3.10. The van der Waals surface area contributed by atoms with E-state index in [1.807, 2.05) is 18.2 Å². The van der Waals surface area contributed by atoms with Gasteiger partial charge in [-0.2, -0.15) is 5.10 Å². The van der Waals surface area contributed by atoms with Gasteiger partial charge in [-0.1, -0.05) is 42.5 Å². The summed E-state index contributed by atoms with van der Waals surface area (Å²) in [4.78, 5) is 28.7. The van der Waals surface area contributed by atoms with Gasteiger partial charge in [-0.25, -0.2) is 4.68 Å². The molecule has 7 nitrogen and oxygen atoms in total. The predicted molar refractivity (Wildman–Crippen MR) is 108 cm³/mol. The van der Waals surface area contributed by atoms with Crippen LogP contribution in [0.15, 0.2) is 53.3 Å². The number of rotatable bonds is 7. The van der Waals surface area contributed by atoms with E-state index in [1.165, 1.54) is 22.4 Å². The molecule has 1 fully saturated rings. The Hall–Kier alpha value is -2.77. The van der Waals surface area contributed by atoms with Gasteiger partial charge in [0.15, 0.2) is 0 Å². The molecule has 148 valence electrons. The molecule has 1 aromatic heterocycles. The number of benzene rings is 1. The van der Waals surface area contributed by atoms with Gasteiger partial charge in [0, 0.05) is 45.9 Å². The van der Waals surface area contributed by atoms with E-state index in [0.717, 1.165) is 19.6 Å². The lowest BCUT2D eigenvalue weighted by Crippen LogP contribution is -2.49. The maximum absolute atomic E-state index is 12.7. The van der Waals surface area contributed by atoms with Crippen LogP contribution >= 0.6 is 0 Å². The third kappa shape index (κ3) is 5.37. The van der Waals surface area contributed by atoms with Gasteiger partial charge in [-0.05, 0) is 11.6 Å². The zero-order valence-corrected chi connectivity index (χ0v) is 16.2. The second kappa shape index (κ2) is 9.96. The largest absolute Gasteiger partial charge is 0.383 e. The van der Waals surface area contributed by atoms with Gasteiger partial charge in [-0.3, -0.25) is 14.5 Å². The summed E-state index contributed by atoms with van der Waals surface area (Å²) in [6.45, 7) is 4.49. The van der Waals surface area contributed by atoms with Gasteiger partial charge in [0.2, 0.25) is 0 Å². The first-order valence-corrected chi connectivity index (χ1v) is 9.47. The van der Waals surface area contributed by atoms with Gasteiger partial charge in [0.05, 0.1) is 13.2 Å². The van der Waals surface area contributed by atoms with Crippen LogP contribution in [0, 0.1) is 0 Å². The van der Waals surface area contributed by atoms with Gasteiger partial charge < -0.3 is 9.64 Å². The number of carbonyl (C=O) groups is 1. The summed E-state index contributed by atoms with van der Waals surface area (Å²) >= 11 is 0. The molecule has 28 heavy (non-hydrogen) atoms. The lowest BCUT2D eigenvalue weighted by molar-refractivity contribution is 0.0641. The van der Waals surface area contributed by atoms with Gasteiger partial charge in [0.1, 0.15) is 5.69 Å². The highest BCUT2D eigenvalue weighted by atomic mass is 16.5. The lowest BCUT2D eigenvalue weighted by atomic mass is 10.2. The van der Waals surface area contributed by atoms with Crippen molar-refractivity contribution in [3.63, 3.8) is 0 Å². The van der Waals surface area contributed by atoms with E-state index in [0.29, 0.717) is 31.9 Å². The van der Waals surface area contributed by atoms with Crippen molar-refractivity contribution in [2.75, 3.05) is 46.4 Å². The molecular weight excluding hydrogens is 356 g/mol. The van der Waals surface area contributed by atoms with E-state index in [-0.39, 0.29) is 11.5 Å². The fourth-order valence-corrected chi connectivity index (χ4v) is 3.10. The predicted octanol–water partition coefficient (Wildman–Crippen LogP) is 1.36. The number of nitrogens with zero attached hydrogens (tertiary/aromatic N) is 4. The molecular formula is C21H26N4O3. The van der Waals surface area contributed by atoms with Crippen molar-refractivity contribution in [1.82, 2.24) is 19.6 Å². The Morgan fingerprint density at radius 1 is 1.11 bits per heavy atom. The minimum Gasteiger partial charge on any atom is -0.383 e. The highest BCUT2D eigenvalue weighted by Gasteiger charge is 2.23. The molecule has 7 heteroatoms. The quantitative estimate of drug-likeness (QED) is 0.723. The zero-order chi connectivity index (χ0) is 19.8. The number of hydrogen-bond acceptors (Lipinski definition) is 5. The van der Waals surface area contributed by atoms with Crippen LogP contribution in [0.5, 0.6) is 0 Å². The summed E-state index contributed by atoms with van der Waals surface area (Å²) in [5, 5.41) is 4.20. The van der Waals surface area contributed by atoms with Crippen molar-refractivity contribution in [2.45, 2.75) is 6.54 Å². The molecule has 1 aliphatic rings. The van der Waals surface area contributed by atoms with E-state index in [4.69, 9.17) is 4.74 Å². The molecule has 2 aromatic rings. The summed E-state index contributed by atoms with van der Waals surface area (Å²) in [7, 11) is 1.56. The summed E-state index contributed by atoms with van der Waals surface area (Å²) < 4.78 is 6.26. The van der Waals surface area contributed by atoms with Gasteiger partial charge in [0.25, 0.3) is 11.5 Å². The second-order valence-electron chi connectivity index (χ2n) is 6.68. The second-order valence-corrected chi connectivity index (χ2v) is 6.68. The number of aromatic nitrogens is 2. The Kier molecular flexibility index (Phi) is 7.11. The lowest BCUT2D eigenvalue weighted by Gasteiger charge is -2.34. The SMILES string of the molecule is COCCn1nc(C(=O)N2CCN(C/C=C/c3ccccc3)CC2)ccc1=O. The molecule has 2 heterocycles. The Labute approximate surface area is 164 Å².